The summed E-state index contributed by atoms with van der Waals surface area (Å²) in [4.78, 5) is 12.0. The number of hydrogen-bond donors (Lipinski definition) is 1. The first-order valence-electron chi connectivity index (χ1n) is 6.79. The zero-order valence-electron chi connectivity index (χ0n) is 11.8. The van der Waals surface area contributed by atoms with Crippen LogP contribution in [-0.2, 0) is 12.8 Å². The molecule has 1 aromatic rings. The highest BCUT2D eigenvalue weighted by atomic mass is 16.1. The minimum absolute atomic E-state index is 0.114. The van der Waals surface area contributed by atoms with E-state index < -0.39 is 0 Å². The third-order valence-corrected chi connectivity index (χ3v) is 3.03. The quantitative estimate of drug-likeness (QED) is 0.811. The van der Waals surface area contributed by atoms with Gasteiger partial charge in [0.25, 0.3) is 5.56 Å². The van der Waals surface area contributed by atoms with Crippen LogP contribution in [0.3, 0.4) is 0 Å². The van der Waals surface area contributed by atoms with E-state index in [1.165, 1.54) is 5.69 Å². The molecule has 0 aliphatic rings. The molecule has 0 radical (unpaired) electrons. The van der Waals surface area contributed by atoms with E-state index in [-0.39, 0.29) is 5.56 Å². The second-order valence-corrected chi connectivity index (χ2v) is 5.53. The van der Waals surface area contributed by atoms with Crippen molar-refractivity contribution >= 4 is 0 Å². The van der Waals surface area contributed by atoms with Crippen molar-refractivity contribution in [3.63, 3.8) is 0 Å². The molecule has 98 valence electrons. The highest BCUT2D eigenvalue weighted by Crippen LogP contribution is 2.16. The zero-order chi connectivity index (χ0) is 13.0. The third kappa shape index (κ3) is 3.48. The molecule has 1 aromatic heterocycles. The standard InChI is InChI=1S/C14H26N2O/c1-6-7-8-12-13(9-10(2)3)16(11(4)5)15-14(12)17/h10-11H,6-9H2,1-5H3,(H,15,17). The maximum absolute atomic E-state index is 12.0. The van der Waals surface area contributed by atoms with Gasteiger partial charge in [0.05, 0.1) is 0 Å². The van der Waals surface area contributed by atoms with E-state index in [2.05, 4.69) is 39.7 Å². The van der Waals surface area contributed by atoms with Crippen LogP contribution in [0.25, 0.3) is 0 Å². The van der Waals surface area contributed by atoms with Gasteiger partial charge in [-0.15, -0.1) is 0 Å². The Hall–Kier alpha value is -0.990. The molecule has 0 amide bonds. The number of nitrogens with one attached hydrogen (secondary N) is 1. The number of unbranched alkanes of at least 4 members (excludes halogenated alkanes) is 1. The van der Waals surface area contributed by atoms with E-state index in [9.17, 15) is 4.79 Å². The summed E-state index contributed by atoms with van der Waals surface area (Å²) in [5.74, 6) is 0.579. The van der Waals surface area contributed by atoms with Gasteiger partial charge < -0.3 is 0 Å². The fourth-order valence-corrected chi connectivity index (χ4v) is 2.18. The van der Waals surface area contributed by atoms with E-state index in [4.69, 9.17) is 0 Å². The molecule has 1 rings (SSSR count). The largest absolute Gasteiger partial charge is 0.286 e. The topological polar surface area (TPSA) is 37.8 Å². The van der Waals surface area contributed by atoms with E-state index in [1.807, 2.05) is 4.68 Å². The summed E-state index contributed by atoms with van der Waals surface area (Å²) in [5, 5.41) is 2.99. The normalized spacial score (nSPS) is 11.7. The summed E-state index contributed by atoms with van der Waals surface area (Å²) in [7, 11) is 0. The monoisotopic (exact) mass is 238 g/mol. The lowest BCUT2D eigenvalue weighted by atomic mass is 10.0. The van der Waals surface area contributed by atoms with Crippen molar-refractivity contribution in [2.24, 2.45) is 5.92 Å². The first-order chi connectivity index (χ1) is 7.97. The third-order valence-electron chi connectivity index (χ3n) is 3.03. The molecule has 0 bridgehead atoms. The first-order valence-corrected chi connectivity index (χ1v) is 6.79. The van der Waals surface area contributed by atoms with Gasteiger partial charge in [-0.2, -0.15) is 0 Å². The summed E-state index contributed by atoms with van der Waals surface area (Å²) < 4.78 is 2.05. The molecule has 1 N–H and O–H groups in total. The van der Waals surface area contributed by atoms with Crippen LogP contribution in [-0.4, -0.2) is 9.78 Å². The predicted molar refractivity (Wildman–Crippen MR) is 72.6 cm³/mol. The van der Waals surface area contributed by atoms with Crippen molar-refractivity contribution in [1.29, 1.82) is 0 Å². The van der Waals surface area contributed by atoms with Gasteiger partial charge in [-0.05, 0) is 39.0 Å². The number of aromatic amines is 1. The average molecular weight is 238 g/mol. The van der Waals surface area contributed by atoms with Gasteiger partial charge in [-0.3, -0.25) is 14.6 Å². The second-order valence-electron chi connectivity index (χ2n) is 5.53. The van der Waals surface area contributed by atoms with Crippen LogP contribution in [0, 0.1) is 5.92 Å². The molecule has 0 atom stereocenters. The fourth-order valence-electron chi connectivity index (χ4n) is 2.18. The Morgan fingerprint density at radius 1 is 1.24 bits per heavy atom. The molecule has 0 saturated carbocycles. The molecule has 0 fully saturated rings. The van der Waals surface area contributed by atoms with Crippen molar-refractivity contribution < 1.29 is 0 Å². The smallest absolute Gasteiger partial charge is 0.267 e. The fraction of sp³-hybridized carbons (Fsp3) is 0.786. The lowest BCUT2D eigenvalue weighted by Gasteiger charge is -2.15. The minimum atomic E-state index is 0.114. The molecule has 0 aliphatic heterocycles. The van der Waals surface area contributed by atoms with Crippen molar-refractivity contribution in [1.82, 2.24) is 9.78 Å². The van der Waals surface area contributed by atoms with Crippen LogP contribution in [0.15, 0.2) is 4.79 Å². The van der Waals surface area contributed by atoms with Crippen LogP contribution in [0.1, 0.15) is 64.8 Å². The SMILES string of the molecule is CCCCc1c(CC(C)C)n(C(C)C)[nH]c1=O. The summed E-state index contributed by atoms with van der Waals surface area (Å²) in [6, 6.07) is 0.326. The number of hydrogen-bond acceptors (Lipinski definition) is 1. The van der Waals surface area contributed by atoms with Gasteiger partial charge in [0.2, 0.25) is 0 Å². The predicted octanol–water partition coefficient (Wildman–Crippen LogP) is 3.30. The van der Waals surface area contributed by atoms with Crippen LogP contribution in [0.5, 0.6) is 0 Å². The lowest BCUT2D eigenvalue weighted by Crippen LogP contribution is -2.11. The summed E-state index contributed by atoms with van der Waals surface area (Å²) >= 11 is 0. The number of nitrogens with zero attached hydrogens (tertiary/aromatic N) is 1. The Bertz CT molecular complexity index is 399. The molecule has 1 heterocycles. The zero-order valence-corrected chi connectivity index (χ0v) is 11.8. The summed E-state index contributed by atoms with van der Waals surface area (Å²) in [6.45, 7) is 10.8. The minimum Gasteiger partial charge on any atom is -0.286 e. The van der Waals surface area contributed by atoms with E-state index >= 15 is 0 Å². The van der Waals surface area contributed by atoms with Crippen LogP contribution in [0.4, 0.5) is 0 Å². The Balaban J connectivity index is 3.12. The number of rotatable bonds is 6. The van der Waals surface area contributed by atoms with Crippen LogP contribution < -0.4 is 5.56 Å². The van der Waals surface area contributed by atoms with Gasteiger partial charge in [-0.25, -0.2) is 0 Å². The molecular weight excluding hydrogens is 212 g/mol. The Kier molecular flexibility index (Phi) is 5.03. The molecule has 0 aromatic carbocycles. The highest BCUT2D eigenvalue weighted by molar-refractivity contribution is 5.19. The number of aromatic nitrogens is 2. The van der Waals surface area contributed by atoms with E-state index in [0.717, 1.165) is 31.2 Å². The van der Waals surface area contributed by atoms with E-state index in [0.29, 0.717) is 12.0 Å². The van der Waals surface area contributed by atoms with E-state index in [1.54, 1.807) is 0 Å². The summed E-state index contributed by atoms with van der Waals surface area (Å²) in [6.07, 6.45) is 4.12. The Morgan fingerprint density at radius 3 is 2.35 bits per heavy atom. The molecule has 0 spiro atoms. The van der Waals surface area contributed by atoms with Crippen molar-refractivity contribution in [2.45, 2.75) is 66.3 Å². The van der Waals surface area contributed by atoms with Gasteiger partial charge in [0.1, 0.15) is 0 Å². The molecule has 0 aliphatic carbocycles. The van der Waals surface area contributed by atoms with Crippen molar-refractivity contribution in [3.8, 4) is 0 Å². The van der Waals surface area contributed by atoms with Gasteiger partial charge >= 0.3 is 0 Å². The molecule has 3 heteroatoms. The Morgan fingerprint density at radius 2 is 1.88 bits per heavy atom. The molecule has 3 nitrogen and oxygen atoms in total. The average Bonchev–Trinajstić information content (AvgIpc) is 2.52. The maximum Gasteiger partial charge on any atom is 0.267 e. The molecule has 0 unspecified atom stereocenters. The number of H-pyrrole nitrogens is 1. The Labute approximate surface area is 104 Å². The molecule has 17 heavy (non-hydrogen) atoms. The molecular formula is C14H26N2O. The second kappa shape index (κ2) is 6.08. The van der Waals surface area contributed by atoms with Crippen LogP contribution in [0.2, 0.25) is 0 Å². The molecule has 0 saturated heterocycles. The highest BCUT2D eigenvalue weighted by Gasteiger charge is 2.16. The van der Waals surface area contributed by atoms with Crippen molar-refractivity contribution in [3.05, 3.63) is 21.6 Å². The summed E-state index contributed by atoms with van der Waals surface area (Å²) in [5.41, 5.74) is 2.34. The maximum atomic E-state index is 12.0. The lowest BCUT2D eigenvalue weighted by molar-refractivity contribution is 0.484. The van der Waals surface area contributed by atoms with Gasteiger partial charge in [0.15, 0.2) is 0 Å². The van der Waals surface area contributed by atoms with Gasteiger partial charge in [-0.1, -0.05) is 27.2 Å². The first kappa shape index (κ1) is 14.1. The van der Waals surface area contributed by atoms with Gasteiger partial charge in [0, 0.05) is 17.3 Å². The van der Waals surface area contributed by atoms with Crippen LogP contribution >= 0.6 is 0 Å². The van der Waals surface area contributed by atoms with Crippen molar-refractivity contribution in [2.75, 3.05) is 0 Å².